The predicted octanol–water partition coefficient (Wildman–Crippen LogP) is 1.57. The minimum Gasteiger partial charge on any atom is -0.480 e. The van der Waals surface area contributed by atoms with E-state index in [0.29, 0.717) is 11.0 Å². The topological polar surface area (TPSA) is 87.8 Å². The number of hydrogen-bond acceptors (Lipinski definition) is 4. The number of aliphatic carboxylic acids is 1. The van der Waals surface area contributed by atoms with E-state index in [1.807, 2.05) is 19.9 Å². The maximum atomic E-state index is 12.1. The van der Waals surface area contributed by atoms with Gasteiger partial charge in [0.1, 0.15) is 17.7 Å². The van der Waals surface area contributed by atoms with Gasteiger partial charge >= 0.3 is 11.6 Å². The first-order valence-electron chi connectivity index (χ1n) is 6.32. The van der Waals surface area contributed by atoms with Gasteiger partial charge in [0.05, 0.1) is 0 Å². The number of rotatable bonds is 3. The number of carbonyl (C=O) groups is 2. The van der Waals surface area contributed by atoms with E-state index in [1.165, 1.54) is 13.1 Å². The van der Waals surface area contributed by atoms with Crippen LogP contribution in [0.3, 0.4) is 0 Å². The first kappa shape index (κ1) is 14.8. The maximum Gasteiger partial charge on any atom is 0.349 e. The molecule has 0 aliphatic heterocycles. The molecule has 1 N–H and O–H groups in total. The van der Waals surface area contributed by atoms with Crippen molar-refractivity contribution in [2.45, 2.75) is 13.8 Å². The van der Waals surface area contributed by atoms with Crippen molar-refractivity contribution >= 4 is 22.8 Å². The number of likely N-dealkylation sites (N-methyl/N-ethyl adjacent to an activating group) is 1. The minimum atomic E-state index is -1.15. The molecule has 0 unspecified atom stereocenters. The molecule has 0 atom stereocenters. The highest BCUT2D eigenvalue weighted by molar-refractivity contribution is 5.97. The largest absolute Gasteiger partial charge is 0.480 e. The van der Waals surface area contributed by atoms with Gasteiger partial charge in [-0.05, 0) is 43.2 Å². The quantitative estimate of drug-likeness (QED) is 0.866. The lowest BCUT2D eigenvalue weighted by Crippen LogP contribution is -2.34. The summed E-state index contributed by atoms with van der Waals surface area (Å²) >= 11 is 0. The molecule has 1 amide bonds. The van der Waals surface area contributed by atoms with Gasteiger partial charge in [-0.15, -0.1) is 0 Å². The molecule has 0 radical (unpaired) electrons. The van der Waals surface area contributed by atoms with Gasteiger partial charge in [0, 0.05) is 12.4 Å². The van der Waals surface area contributed by atoms with Gasteiger partial charge in [-0.25, -0.2) is 4.79 Å². The number of nitrogens with zero attached hydrogens (tertiary/aromatic N) is 1. The van der Waals surface area contributed by atoms with Crippen LogP contribution in [0.4, 0.5) is 0 Å². The number of aryl methyl sites for hydroxylation is 2. The molecule has 6 nitrogen and oxygen atoms in total. The van der Waals surface area contributed by atoms with E-state index >= 15 is 0 Å². The standard InChI is InChI=1S/C15H15NO5/c1-8-4-10-6-11(14(19)16(3)7-13(17)18)15(20)21-12(10)5-9(8)2/h4-6H,7H2,1-3H3,(H,17,18). The monoisotopic (exact) mass is 289 g/mol. The third-order valence-corrected chi connectivity index (χ3v) is 3.30. The molecule has 1 aromatic heterocycles. The number of hydrogen-bond donors (Lipinski definition) is 1. The Morgan fingerprint density at radius 1 is 1.19 bits per heavy atom. The molecule has 0 bridgehead atoms. The zero-order valence-electron chi connectivity index (χ0n) is 12.0. The number of fused-ring (bicyclic) bond motifs is 1. The van der Waals surface area contributed by atoms with Gasteiger partial charge < -0.3 is 14.4 Å². The van der Waals surface area contributed by atoms with Crippen molar-refractivity contribution in [1.29, 1.82) is 0 Å². The summed E-state index contributed by atoms with van der Waals surface area (Å²) in [6.07, 6.45) is 0. The highest BCUT2D eigenvalue weighted by atomic mass is 16.4. The van der Waals surface area contributed by atoms with Crippen molar-refractivity contribution in [1.82, 2.24) is 4.90 Å². The zero-order chi connectivity index (χ0) is 15.7. The maximum absolute atomic E-state index is 12.1. The van der Waals surface area contributed by atoms with Crippen molar-refractivity contribution in [3.05, 3.63) is 45.3 Å². The van der Waals surface area contributed by atoms with Crippen LogP contribution >= 0.6 is 0 Å². The first-order valence-corrected chi connectivity index (χ1v) is 6.32. The predicted molar refractivity (Wildman–Crippen MR) is 76.6 cm³/mol. The summed E-state index contributed by atoms with van der Waals surface area (Å²) in [4.78, 5) is 35.6. The van der Waals surface area contributed by atoms with Gasteiger partial charge in [-0.3, -0.25) is 9.59 Å². The molecule has 0 spiro atoms. The lowest BCUT2D eigenvalue weighted by molar-refractivity contribution is -0.137. The van der Waals surface area contributed by atoms with E-state index < -0.39 is 24.0 Å². The SMILES string of the molecule is Cc1cc2cc(C(=O)N(C)CC(=O)O)c(=O)oc2cc1C. The van der Waals surface area contributed by atoms with Gasteiger partial charge in [0.15, 0.2) is 0 Å². The van der Waals surface area contributed by atoms with Crippen LogP contribution in [0.2, 0.25) is 0 Å². The Bertz CT molecular complexity index is 790. The van der Waals surface area contributed by atoms with Crippen LogP contribution in [-0.2, 0) is 4.79 Å². The lowest BCUT2D eigenvalue weighted by Gasteiger charge is -2.14. The van der Waals surface area contributed by atoms with Crippen molar-refractivity contribution in [3.8, 4) is 0 Å². The second-order valence-electron chi connectivity index (χ2n) is 4.98. The molecule has 0 aliphatic carbocycles. The second-order valence-corrected chi connectivity index (χ2v) is 4.98. The van der Waals surface area contributed by atoms with Crippen molar-refractivity contribution < 1.29 is 19.1 Å². The Kier molecular flexibility index (Phi) is 3.80. The van der Waals surface area contributed by atoms with Crippen LogP contribution in [-0.4, -0.2) is 35.5 Å². The van der Waals surface area contributed by atoms with E-state index in [9.17, 15) is 14.4 Å². The normalized spacial score (nSPS) is 10.6. The number of carbonyl (C=O) groups excluding carboxylic acids is 1. The molecule has 0 saturated heterocycles. The van der Waals surface area contributed by atoms with E-state index in [-0.39, 0.29) is 5.56 Å². The molecule has 2 rings (SSSR count). The third kappa shape index (κ3) is 2.94. The Balaban J connectivity index is 2.52. The van der Waals surface area contributed by atoms with Gasteiger partial charge in [-0.2, -0.15) is 0 Å². The Hall–Kier alpha value is -2.63. The fraction of sp³-hybridized carbons (Fsp3) is 0.267. The smallest absolute Gasteiger partial charge is 0.349 e. The summed E-state index contributed by atoms with van der Waals surface area (Å²) in [5, 5.41) is 9.32. The van der Waals surface area contributed by atoms with Crippen LogP contribution in [0.15, 0.2) is 27.4 Å². The number of carboxylic acids is 1. The van der Waals surface area contributed by atoms with Crippen LogP contribution in [0.1, 0.15) is 21.5 Å². The van der Waals surface area contributed by atoms with Crippen LogP contribution in [0, 0.1) is 13.8 Å². The summed E-state index contributed by atoms with van der Waals surface area (Å²) in [5.41, 5.74) is 1.45. The summed E-state index contributed by atoms with van der Waals surface area (Å²) < 4.78 is 5.15. The number of benzene rings is 1. The molecule has 0 aliphatic rings. The average Bonchev–Trinajstić information content (AvgIpc) is 2.38. The Morgan fingerprint density at radius 3 is 2.43 bits per heavy atom. The second kappa shape index (κ2) is 5.40. The molecule has 2 aromatic rings. The molecule has 0 saturated carbocycles. The Labute approximate surface area is 120 Å². The summed E-state index contributed by atoms with van der Waals surface area (Å²) in [6.45, 7) is 3.33. The Morgan fingerprint density at radius 2 is 1.81 bits per heavy atom. The molecule has 110 valence electrons. The fourth-order valence-electron chi connectivity index (χ4n) is 2.01. The zero-order valence-corrected chi connectivity index (χ0v) is 12.0. The van der Waals surface area contributed by atoms with Crippen molar-refractivity contribution in [2.24, 2.45) is 0 Å². The first-order chi connectivity index (χ1) is 9.79. The fourth-order valence-corrected chi connectivity index (χ4v) is 2.01. The number of amides is 1. The molecule has 0 fully saturated rings. The van der Waals surface area contributed by atoms with Crippen LogP contribution < -0.4 is 5.63 Å². The van der Waals surface area contributed by atoms with E-state index in [0.717, 1.165) is 16.0 Å². The molecular weight excluding hydrogens is 274 g/mol. The number of carboxylic acid groups (broad SMARTS) is 1. The molecule has 1 aromatic carbocycles. The highest BCUT2D eigenvalue weighted by Crippen LogP contribution is 2.19. The summed E-state index contributed by atoms with van der Waals surface area (Å²) in [5.74, 6) is -1.83. The van der Waals surface area contributed by atoms with Crippen LogP contribution in [0.25, 0.3) is 11.0 Å². The van der Waals surface area contributed by atoms with Gasteiger partial charge in [0.2, 0.25) is 0 Å². The van der Waals surface area contributed by atoms with Crippen LogP contribution in [0.5, 0.6) is 0 Å². The third-order valence-electron chi connectivity index (χ3n) is 3.30. The molecule has 6 heteroatoms. The molecular formula is C15H15NO5. The van der Waals surface area contributed by atoms with Crippen molar-refractivity contribution in [3.63, 3.8) is 0 Å². The molecule has 1 heterocycles. The van der Waals surface area contributed by atoms with E-state index in [1.54, 1.807) is 6.07 Å². The summed E-state index contributed by atoms with van der Waals surface area (Å²) in [7, 11) is 1.32. The van der Waals surface area contributed by atoms with E-state index in [4.69, 9.17) is 9.52 Å². The van der Waals surface area contributed by atoms with Gasteiger partial charge in [0.25, 0.3) is 5.91 Å². The van der Waals surface area contributed by atoms with Crippen molar-refractivity contribution in [2.75, 3.05) is 13.6 Å². The molecule has 21 heavy (non-hydrogen) atoms. The minimum absolute atomic E-state index is 0.172. The highest BCUT2D eigenvalue weighted by Gasteiger charge is 2.19. The lowest BCUT2D eigenvalue weighted by atomic mass is 10.1. The summed E-state index contributed by atoms with van der Waals surface area (Å²) in [6, 6.07) is 5.00. The van der Waals surface area contributed by atoms with Gasteiger partial charge in [-0.1, -0.05) is 0 Å². The average molecular weight is 289 g/mol. The van der Waals surface area contributed by atoms with E-state index in [2.05, 4.69) is 0 Å².